The van der Waals surface area contributed by atoms with E-state index in [9.17, 15) is 0 Å². The molecule has 0 amide bonds. The zero-order chi connectivity index (χ0) is 27.2. The predicted octanol–water partition coefficient (Wildman–Crippen LogP) is 8.09. The summed E-state index contributed by atoms with van der Waals surface area (Å²) in [6.45, 7) is 6.80. The summed E-state index contributed by atoms with van der Waals surface area (Å²) in [5, 5.41) is 0. The van der Waals surface area contributed by atoms with E-state index >= 15 is 0 Å². The van der Waals surface area contributed by atoms with Crippen LogP contribution >= 0.6 is 0 Å². The second-order valence-corrected chi connectivity index (χ2v) is 33.6. The number of aromatic nitrogens is 2. The minimum absolute atomic E-state index is 0.685. The normalized spacial score (nSPS) is 11.7. The number of hydrogen-bond acceptors (Lipinski definition) is 2. The molecular formula is C33H44Ge2N2. The second-order valence-electron chi connectivity index (χ2n) is 12.4. The van der Waals surface area contributed by atoms with Gasteiger partial charge in [-0.2, -0.15) is 0 Å². The molecule has 4 heteroatoms. The van der Waals surface area contributed by atoms with E-state index < -0.39 is 26.5 Å². The van der Waals surface area contributed by atoms with E-state index in [4.69, 9.17) is 4.98 Å². The van der Waals surface area contributed by atoms with Crippen LogP contribution in [-0.2, 0) is 6.42 Å². The summed E-state index contributed by atoms with van der Waals surface area (Å²) >= 11 is -3.61. The van der Waals surface area contributed by atoms with Crippen LogP contribution in [0.2, 0.25) is 34.5 Å². The van der Waals surface area contributed by atoms with Gasteiger partial charge in [0.25, 0.3) is 0 Å². The molecule has 0 saturated heterocycles. The van der Waals surface area contributed by atoms with Crippen molar-refractivity contribution in [1.29, 1.82) is 0 Å². The molecule has 2 heterocycles. The number of nitrogens with zero attached hydrogens (tertiary/aromatic N) is 2. The van der Waals surface area contributed by atoms with Crippen LogP contribution in [0.15, 0.2) is 85.2 Å². The first-order valence-electron chi connectivity index (χ1n) is 13.4. The summed E-state index contributed by atoms with van der Waals surface area (Å²) in [7, 11) is 0. The van der Waals surface area contributed by atoms with Gasteiger partial charge in [-0.15, -0.1) is 0 Å². The van der Waals surface area contributed by atoms with Gasteiger partial charge in [0.15, 0.2) is 0 Å². The van der Waals surface area contributed by atoms with E-state index in [2.05, 4.69) is 139 Å². The Labute approximate surface area is 230 Å². The number of pyridine rings is 2. The topological polar surface area (TPSA) is 25.8 Å². The van der Waals surface area contributed by atoms with Crippen LogP contribution in [0.4, 0.5) is 0 Å². The molecule has 0 spiro atoms. The monoisotopic (exact) mass is 616 g/mol. The number of aryl methyl sites for hydroxylation is 1. The first-order chi connectivity index (χ1) is 17.4. The van der Waals surface area contributed by atoms with Crippen LogP contribution in [0.3, 0.4) is 0 Å². The molecule has 194 valence electrons. The van der Waals surface area contributed by atoms with Crippen molar-refractivity contribution in [3.05, 3.63) is 96.3 Å². The van der Waals surface area contributed by atoms with Crippen LogP contribution in [0.1, 0.15) is 25.0 Å². The van der Waals surface area contributed by atoms with Gasteiger partial charge in [-0.25, -0.2) is 0 Å². The van der Waals surface area contributed by atoms with Gasteiger partial charge in [0.1, 0.15) is 0 Å². The molecule has 2 nitrogen and oxygen atoms in total. The fraction of sp³-hybridized carbons (Fsp3) is 0.333. The zero-order valence-electron chi connectivity index (χ0n) is 24.3. The average Bonchev–Trinajstić information content (AvgIpc) is 2.83. The molecule has 0 saturated carbocycles. The molecule has 0 N–H and O–H groups in total. The van der Waals surface area contributed by atoms with Gasteiger partial charge in [0, 0.05) is 0 Å². The Balaban J connectivity index is 0.000000208. The molecule has 4 rings (SSSR count). The summed E-state index contributed by atoms with van der Waals surface area (Å²) < 4.78 is 3.06. The third-order valence-electron chi connectivity index (χ3n) is 6.48. The minimum atomic E-state index is -1.85. The Morgan fingerprint density at radius 2 is 1.05 bits per heavy atom. The van der Waals surface area contributed by atoms with Crippen molar-refractivity contribution in [2.45, 2.75) is 61.7 Å². The Bertz CT molecular complexity index is 1290. The van der Waals surface area contributed by atoms with Crippen LogP contribution in [-0.4, -0.2) is 36.5 Å². The standard InChI is InChI=1S/C18H25GeN.C15H19GeN/c1-14(2)11-16-12-18(15-9-7-6-8-10-15)20-13-17(16)19(3,4)5;1-12-10-15(13-8-6-5-7-9-13)17-11-14(12)16(2,3)4/h6-10,12-14H,11H2,1-5H3;5-11H,1-4H3. The molecule has 0 radical (unpaired) electrons. The fourth-order valence-electron chi connectivity index (χ4n) is 4.66. The Kier molecular flexibility index (Phi) is 9.99. The molecule has 0 bridgehead atoms. The van der Waals surface area contributed by atoms with Gasteiger partial charge in [0.05, 0.1) is 0 Å². The molecular weight excluding hydrogens is 570 g/mol. The van der Waals surface area contributed by atoms with Gasteiger partial charge in [-0.1, -0.05) is 0 Å². The van der Waals surface area contributed by atoms with Crippen molar-refractivity contribution >= 4 is 35.3 Å². The molecule has 37 heavy (non-hydrogen) atoms. The Morgan fingerprint density at radius 1 is 0.622 bits per heavy atom. The molecule has 0 aliphatic carbocycles. The quantitative estimate of drug-likeness (QED) is 0.206. The SMILES string of the molecule is CC(C)Cc1cc(-c2ccccc2)nc[c]1[Ge]([CH3])([CH3])[CH3].Cc1cc(-c2ccccc2)nc[c]1[Ge]([CH3])([CH3])[CH3]. The maximum atomic E-state index is 4.73. The molecule has 0 unspecified atom stereocenters. The van der Waals surface area contributed by atoms with E-state index in [-0.39, 0.29) is 0 Å². The average molecular weight is 614 g/mol. The van der Waals surface area contributed by atoms with Crippen molar-refractivity contribution in [1.82, 2.24) is 9.97 Å². The fourth-order valence-corrected chi connectivity index (χ4v) is 11.6. The third kappa shape index (κ3) is 8.41. The van der Waals surface area contributed by atoms with Crippen LogP contribution in [0.5, 0.6) is 0 Å². The van der Waals surface area contributed by atoms with Crippen LogP contribution < -0.4 is 8.79 Å². The first kappa shape index (κ1) is 29.4. The van der Waals surface area contributed by atoms with Crippen molar-refractivity contribution < 1.29 is 0 Å². The van der Waals surface area contributed by atoms with Gasteiger partial charge >= 0.3 is 232 Å². The van der Waals surface area contributed by atoms with Crippen LogP contribution in [0, 0.1) is 12.8 Å². The summed E-state index contributed by atoms with van der Waals surface area (Å²) in [6.07, 6.45) is 5.40. The predicted molar refractivity (Wildman–Crippen MR) is 169 cm³/mol. The molecule has 0 aliphatic rings. The van der Waals surface area contributed by atoms with Crippen LogP contribution in [0.25, 0.3) is 22.5 Å². The number of benzene rings is 2. The van der Waals surface area contributed by atoms with E-state index in [1.807, 2.05) is 6.07 Å². The van der Waals surface area contributed by atoms with Gasteiger partial charge in [-0.3, -0.25) is 0 Å². The third-order valence-corrected chi connectivity index (χ3v) is 15.3. The van der Waals surface area contributed by atoms with Gasteiger partial charge < -0.3 is 0 Å². The number of rotatable bonds is 6. The van der Waals surface area contributed by atoms with Gasteiger partial charge in [-0.05, 0) is 0 Å². The number of hydrogen-bond donors (Lipinski definition) is 0. The molecule has 0 fully saturated rings. The summed E-state index contributed by atoms with van der Waals surface area (Å²) in [6, 6.07) is 25.4. The van der Waals surface area contributed by atoms with Crippen molar-refractivity contribution in [3.8, 4) is 22.5 Å². The first-order valence-corrected chi connectivity index (χ1v) is 28.1. The maximum absolute atomic E-state index is 4.73. The molecule has 2 aromatic heterocycles. The van der Waals surface area contributed by atoms with E-state index in [1.165, 1.54) is 26.6 Å². The summed E-state index contributed by atoms with van der Waals surface area (Å²) in [5.41, 5.74) is 7.51. The van der Waals surface area contributed by atoms with E-state index in [1.54, 1.807) is 4.40 Å². The van der Waals surface area contributed by atoms with Crippen molar-refractivity contribution in [2.75, 3.05) is 0 Å². The summed E-state index contributed by atoms with van der Waals surface area (Å²) in [4.78, 5) is 9.35. The molecule has 0 atom stereocenters. The summed E-state index contributed by atoms with van der Waals surface area (Å²) in [5.74, 6) is 15.3. The Hall–Kier alpha value is -2.17. The van der Waals surface area contributed by atoms with E-state index in [0.717, 1.165) is 17.8 Å². The molecule has 0 aliphatic heterocycles. The van der Waals surface area contributed by atoms with Crippen molar-refractivity contribution in [2.24, 2.45) is 5.92 Å². The zero-order valence-corrected chi connectivity index (χ0v) is 28.5. The molecule has 2 aromatic carbocycles. The molecule has 4 aromatic rings. The second kappa shape index (κ2) is 12.6. The van der Waals surface area contributed by atoms with Gasteiger partial charge in [0.2, 0.25) is 0 Å². The van der Waals surface area contributed by atoms with E-state index in [0.29, 0.717) is 5.92 Å². The Morgan fingerprint density at radius 3 is 1.46 bits per heavy atom. The van der Waals surface area contributed by atoms with Crippen molar-refractivity contribution in [3.63, 3.8) is 0 Å².